The topological polar surface area (TPSA) is 111 Å². The molecule has 1 aromatic heterocycles. The van der Waals surface area contributed by atoms with Crippen molar-refractivity contribution in [2.45, 2.75) is 38.8 Å². The number of carbonyl (C=O) groups excluding carboxylic acids is 1. The van der Waals surface area contributed by atoms with Crippen molar-refractivity contribution in [3.63, 3.8) is 0 Å². The number of aromatic nitrogens is 2. The van der Waals surface area contributed by atoms with Crippen molar-refractivity contribution in [2.24, 2.45) is 0 Å². The summed E-state index contributed by atoms with van der Waals surface area (Å²) in [6.45, 7) is 5.49. The summed E-state index contributed by atoms with van der Waals surface area (Å²) in [5.41, 5.74) is 1.51. The molecule has 0 saturated heterocycles. The largest absolute Gasteiger partial charge is 0.416 e. The summed E-state index contributed by atoms with van der Waals surface area (Å²) in [7, 11) is 0. The molecule has 1 aromatic carbocycles. The Morgan fingerprint density at radius 1 is 1.38 bits per heavy atom. The summed E-state index contributed by atoms with van der Waals surface area (Å²) in [4.78, 5) is 22.8. The summed E-state index contributed by atoms with van der Waals surface area (Å²) in [5, 5.41) is 21.8. The minimum Gasteiger partial charge on any atom is -0.416 e. The van der Waals surface area contributed by atoms with Crippen LogP contribution in [0.15, 0.2) is 21.8 Å². The van der Waals surface area contributed by atoms with Crippen molar-refractivity contribution in [1.29, 1.82) is 0 Å². The number of benzene rings is 1. The van der Waals surface area contributed by atoms with Gasteiger partial charge in [0, 0.05) is 12.5 Å². The lowest BCUT2D eigenvalue weighted by Crippen LogP contribution is -2.16. The third kappa shape index (κ3) is 4.54. The zero-order valence-electron chi connectivity index (χ0n) is 13.7. The van der Waals surface area contributed by atoms with Crippen LogP contribution in [0.5, 0.6) is 0 Å². The van der Waals surface area contributed by atoms with Crippen LogP contribution in [0.4, 0.5) is 11.4 Å². The molecule has 0 aliphatic rings. The van der Waals surface area contributed by atoms with Crippen LogP contribution in [0.2, 0.25) is 0 Å². The van der Waals surface area contributed by atoms with Gasteiger partial charge in [-0.2, -0.15) is 0 Å². The molecule has 1 heterocycles. The molecule has 0 saturated carbocycles. The Hall–Kier alpha value is -2.42. The summed E-state index contributed by atoms with van der Waals surface area (Å²) in [6, 6.07) is 3.22. The maximum Gasteiger partial charge on any atom is 0.293 e. The Kier molecular flexibility index (Phi) is 5.91. The molecule has 1 amide bonds. The highest BCUT2D eigenvalue weighted by atomic mass is 32.2. The highest BCUT2D eigenvalue weighted by Crippen LogP contribution is 2.30. The van der Waals surface area contributed by atoms with Crippen molar-refractivity contribution in [2.75, 3.05) is 11.1 Å². The molecule has 0 aliphatic heterocycles. The number of thioether (sulfide) groups is 1. The predicted octanol–water partition coefficient (Wildman–Crippen LogP) is 3.28. The standard InChI is InChI=1S/C15H18N4O4S/c1-4-5-13-17-18-15(23-13)24-8-12(20)16-14-10(3)6-9(2)7-11(14)19(21)22/h6-7H,4-5,8H2,1-3H3,(H,16,20). The van der Waals surface area contributed by atoms with Crippen LogP contribution in [-0.2, 0) is 11.2 Å². The molecular formula is C15H18N4O4S. The molecular weight excluding hydrogens is 332 g/mol. The van der Waals surface area contributed by atoms with E-state index in [1.807, 2.05) is 6.92 Å². The maximum absolute atomic E-state index is 12.1. The first-order valence-corrected chi connectivity index (χ1v) is 8.40. The van der Waals surface area contributed by atoms with Gasteiger partial charge in [0.1, 0.15) is 5.69 Å². The molecule has 1 N–H and O–H groups in total. The number of hydrogen-bond donors (Lipinski definition) is 1. The molecule has 2 aromatic rings. The van der Waals surface area contributed by atoms with Crippen LogP contribution in [0, 0.1) is 24.0 Å². The van der Waals surface area contributed by atoms with E-state index in [0.29, 0.717) is 23.1 Å². The SMILES string of the molecule is CCCc1nnc(SCC(=O)Nc2c(C)cc(C)cc2[N+](=O)[O-])o1. The lowest BCUT2D eigenvalue weighted by atomic mass is 10.1. The molecule has 0 unspecified atom stereocenters. The van der Waals surface area contributed by atoms with E-state index in [1.54, 1.807) is 19.9 Å². The van der Waals surface area contributed by atoms with E-state index in [2.05, 4.69) is 15.5 Å². The van der Waals surface area contributed by atoms with Gasteiger partial charge in [0.05, 0.1) is 10.7 Å². The van der Waals surface area contributed by atoms with Crippen LogP contribution in [0.25, 0.3) is 0 Å². The molecule has 9 heteroatoms. The third-order valence-corrected chi connectivity index (χ3v) is 3.98. The Balaban J connectivity index is 2.03. The van der Waals surface area contributed by atoms with E-state index in [-0.39, 0.29) is 23.0 Å². The van der Waals surface area contributed by atoms with E-state index in [9.17, 15) is 14.9 Å². The molecule has 0 aliphatic carbocycles. The van der Waals surface area contributed by atoms with Crippen LogP contribution >= 0.6 is 11.8 Å². The number of rotatable bonds is 7. The van der Waals surface area contributed by atoms with E-state index < -0.39 is 4.92 Å². The fraction of sp³-hybridized carbons (Fsp3) is 0.400. The van der Waals surface area contributed by atoms with Gasteiger partial charge in [0.2, 0.25) is 11.8 Å². The third-order valence-electron chi connectivity index (χ3n) is 3.16. The molecule has 0 bridgehead atoms. The molecule has 0 radical (unpaired) electrons. The Morgan fingerprint density at radius 3 is 2.79 bits per heavy atom. The molecule has 24 heavy (non-hydrogen) atoms. The summed E-state index contributed by atoms with van der Waals surface area (Å²) < 4.78 is 5.38. The average molecular weight is 350 g/mol. The zero-order chi connectivity index (χ0) is 17.7. The van der Waals surface area contributed by atoms with Gasteiger partial charge in [0.15, 0.2) is 0 Å². The number of nitrogens with one attached hydrogen (secondary N) is 1. The molecule has 128 valence electrons. The number of hydrogen-bond acceptors (Lipinski definition) is 7. The van der Waals surface area contributed by atoms with Gasteiger partial charge < -0.3 is 9.73 Å². The van der Waals surface area contributed by atoms with Gasteiger partial charge in [-0.25, -0.2) is 0 Å². The normalized spacial score (nSPS) is 10.6. The highest BCUT2D eigenvalue weighted by molar-refractivity contribution is 7.99. The van der Waals surface area contributed by atoms with Crippen LogP contribution in [-0.4, -0.2) is 26.8 Å². The van der Waals surface area contributed by atoms with Crippen molar-refractivity contribution in [1.82, 2.24) is 10.2 Å². The second kappa shape index (κ2) is 7.91. The molecule has 2 rings (SSSR count). The zero-order valence-corrected chi connectivity index (χ0v) is 14.5. The smallest absolute Gasteiger partial charge is 0.293 e. The Morgan fingerprint density at radius 2 is 2.12 bits per heavy atom. The lowest BCUT2D eigenvalue weighted by Gasteiger charge is -2.09. The summed E-state index contributed by atoms with van der Waals surface area (Å²) in [5.74, 6) is 0.189. The lowest BCUT2D eigenvalue weighted by molar-refractivity contribution is -0.384. The number of anilines is 1. The first-order valence-electron chi connectivity index (χ1n) is 7.41. The van der Waals surface area contributed by atoms with Gasteiger partial charge >= 0.3 is 0 Å². The molecule has 8 nitrogen and oxygen atoms in total. The minimum atomic E-state index is -0.502. The molecule has 0 spiro atoms. The number of nitro groups is 1. The number of nitrogens with zero attached hydrogens (tertiary/aromatic N) is 3. The summed E-state index contributed by atoms with van der Waals surface area (Å²) in [6.07, 6.45) is 1.58. The van der Waals surface area contributed by atoms with Gasteiger partial charge in [-0.1, -0.05) is 24.8 Å². The quantitative estimate of drug-likeness (QED) is 0.463. The number of nitro benzene ring substituents is 1. The van der Waals surface area contributed by atoms with Crippen molar-refractivity contribution in [3.8, 4) is 0 Å². The van der Waals surface area contributed by atoms with E-state index in [0.717, 1.165) is 23.7 Å². The summed E-state index contributed by atoms with van der Waals surface area (Å²) >= 11 is 1.10. The van der Waals surface area contributed by atoms with E-state index in [4.69, 9.17) is 4.42 Å². The van der Waals surface area contributed by atoms with E-state index >= 15 is 0 Å². The maximum atomic E-state index is 12.1. The van der Waals surface area contributed by atoms with Gasteiger partial charge in [-0.05, 0) is 31.4 Å². The second-order valence-corrected chi connectivity index (χ2v) is 6.21. The second-order valence-electron chi connectivity index (χ2n) is 5.28. The first kappa shape index (κ1) is 17.9. The fourth-order valence-electron chi connectivity index (χ4n) is 2.17. The van der Waals surface area contributed by atoms with Crippen LogP contribution in [0.1, 0.15) is 30.4 Å². The van der Waals surface area contributed by atoms with Gasteiger partial charge in [-0.15, -0.1) is 10.2 Å². The molecule has 0 fully saturated rings. The minimum absolute atomic E-state index is 0.0260. The first-order chi connectivity index (χ1) is 11.4. The fourth-order valence-corrected chi connectivity index (χ4v) is 2.75. The molecule has 0 atom stereocenters. The Bertz CT molecular complexity index is 760. The van der Waals surface area contributed by atoms with Gasteiger partial charge in [0.25, 0.3) is 10.9 Å². The number of carbonyl (C=O) groups is 1. The van der Waals surface area contributed by atoms with Crippen molar-refractivity contribution in [3.05, 3.63) is 39.3 Å². The number of amides is 1. The highest BCUT2D eigenvalue weighted by Gasteiger charge is 2.19. The number of aryl methyl sites for hydroxylation is 3. The van der Waals surface area contributed by atoms with Crippen molar-refractivity contribution < 1.29 is 14.1 Å². The van der Waals surface area contributed by atoms with Gasteiger partial charge in [-0.3, -0.25) is 14.9 Å². The van der Waals surface area contributed by atoms with Crippen LogP contribution < -0.4 is 5.32 Å². The Labute approximate surface area is 143 Å². The predicted molar refractivity (Wildman–Crippen MR) is 90.2 cm³/mol. The average Bonchev–Trinajstić information content (AvgIpc) is 2.95. The monoisotopic (exact) mass is 350 g/mol. The van der Waals surface area contributed by atoms with Crippen LogP contribution in [0.3, 0.4) is 0 Å². The van der Waals surface area contributed by atoms with E-state index in [1.165, 1.54) is 6.07 Å². The van der Waals surface area contributed by atoms with Crippen molar-refractivity contribution >= 4 is 29.0 Å².